The molecule has 0 saturated heterocycles. The fourth-order valence-electron chi connectivity index (χ4n) is 0.900. The Labute approximate surface area is 88.9 Å². The number of amides is 1. The zero-order chi connectivity index (χ0) is 11.7. The van der Waals surface area contributed by atoms with E-state index in [1.165, 1.54) is 14.0 Å². The second-order valence-corrected chi connectivity index (χ2v) is 2.84. The minimum Gasteiger partial charge on any atom is -0.467 e. The Morgan fingerprint density at radius 3 is 2.40 bits per heavy atom. The standard InChI is InChI=1S/C9H17NO5/c1-7(11)10-8(9(12)14-3)6-15-5-4-13-2/h8H,4-6H2,1-3H3,(H,10,11). The lowest BCUT2D eigenvalue weighted by molar-refractivity contribution is -0.146. The van der Waals surface area contributed by atoms with E-state index in [4.69, 9.17) is 9.47 Å². The molecule has 0 heterocycles. The summed E-state index contributed by atoms with van der Waals surface area (Å²) >= 11 is 0. The van der Waals surface area contributed by atoms with E-state index in [0.717, 1.165) is 0 Å². The molecule has 0 saturated carbocycles. The van der Waals surface area contributed by atoms with E-state index in [-0.39, 0.29) is 12.5 Å². The minimum absolute atomic E-state index is 0.0790. The predicted octanol–water partition coefficient (Wildman–Crippen LogP) is -0.673. The third-order valence-electron chi connectivity index (χ3n) is 1.58. The molecule has 0 aliphatic carbocycles. The maximum Gasteiger partial charge on any atom is 0.330 e. The number of carbonyl (C=O) groups excluding carboxylic acids is 2. The van der Waals surface area contributed by atoms with Crippen LogP contribution in [0.5, 0.6) is 0 Å². The molecular formula is C9H17NO5. The molecule has 0 spiro atoms. The van der Waals surface area contributed by atoms with Gasteiger partial charge in [-0.25, -0.2) is 4.79 Å². The quantitative estimate of drug-likeness (QED) is 0.454. The normalized spacial score (nSPS) is 11.9. The van der Waals surface area contributed by atoms with Gasteiger partial charge in [0, 0.05) is 14.0 Å². The molecule has 0 aromatic carbocycles. The highest BCUT2D eigenvalue weighted by atomic mass is 16.5. The maximum absolute atomic E-state index is 11.2. The van der Waals surface area contributed by atoms with Gasteiger partial charge in [0.1, 0.15) is 0 Å². The summed E-state index contributed by atoms with van der Waals surface area (Å²) in [6.45, 7) is 2.21. The van der Waals surface area contributed by atoms with Crippen LogP contribution in [0, 0.1) is 0 Å². The Morgan fingerprint density at radius 2 is 1.93 bits per heavy atom. The molecule has 6 nitrogen and oxygen atoms in total. The first-order chi connectivity index (χ1) is 7.11. The van der Waals surface area contributed by atoms with E-state index >= 15 is 0 Å². The van der Waals surface area contributed by atoms with E-state index < -0.39 is 12.0 Å². The summed E-state index contributed by atoms with van der Waals surface area (Å²) in [5.41, 5.74) is 0. The highest BCUT2D eigenvalue weighted by Gasteiger charge is 2.19. The van der Waals surface area contributed by atoms with E-state index in [0.29, 0.717) is 13.2 Å². The molecule has 1 amide bonds. The van der Waals surface area contributed by atoms with Gasteiger partial charge in [0.05, 0.1) is 26.9 Å². The number of esters is 1. The summed E-state index contributed by atoms with van der Waals surface area (Å²) in [5, 5.41) is 2.43. The molecular weight excluding hydrogens is 202 g/mol. The topological polar surface area (TPSA) is 73.9 Å². The second-order valence-electron chi connectivity index (χ2n) is 2.84. The Bertz CT molecular complexity index is 207. The molecule has 0 aliphatic heterocycles. The molecule has 88 valence electrons. The first-order valence-electron chi connectivity index (χ1n) is 4.53. The molecule has 0 radical (unpaired) electrons. The Morgan fingerprint density at radius 1 is 1.27 bits per heavy atom. The first kappa shape index (κ1) is 13.9. The lowest BCUT2D eigenvalue weighted by Gasteiger charge is -2.15. The van der Waals surface area contributed by atoms with Crippen LogP contribution in [-0.2, 0) is 23.8 Å². The summed E-state index contributed by atoms with van der Waals surface area (Å²) in [4.78, 5) is 21.9. The van der Waals surface area contributed by atoms with Crippen LogP contribution in [0.2, 0.25) is 0 Å². The molecule has 0 rings (SSSR count). The second kappa shape index (κ2) is 8.19. The average Bonchev–Trinajstić information content (AvgIpc) is 2.21. The lowest BCUT2D eigenvalue weighted by atomic mass is 10.3. The van der Waals surface area contributed by atoms with Crippen LogP contribution in [0.1, 0.15) is 6.92 Å². The van der Waals surface area contributed by atoms with Gasteiger partial charge >= 0.3 is 5.97 Å². The lowest BCUT2D eigenvalue weighted by Crippen LogP contribution is -2.43. The smallest absolute Gasteiger partial charge is 0.330 e. The van der Waals surface area contributed by atoms with Gasteiger partial charge in [0.2, 0.25) is 5.91 Å². The number of ether oxygens (including phenoxy) is 3. The van der Waals surface area contributed by atoms with Gasteiger partial charge in [0.15, 0.2) is 6.04 Å². The van der Waals surface area contributed by atoms with Crippen LogP contribution in [0.3, 0.4) is 0 Å². The number of methoxy groups -OCH3 is 2. The highest BCUT2D eigenvalue weighted by Crippen LogP contribution is 1.90. The SMILES string of the molecule is COCCOCC(NC(C)=O)C(=O)OC. The molecule has 0 aromatic rings. The third kappa shape index (κ3) is 6.87. The van der Waals surface area contributed by atoms with Crippen molar-refractivity contribution in [1.29, 1.82) is 0 Å². The maximum atomic E-state index is 11.2. The molecule has 0 aromatic heterocycles. The number of hydrogen-bond acceptors (Lipinski definition) is 5. The van der Waals surface area contributed by atoms with E-state index in [1.54, 1.807) is 7.11 Å². The van der Waals surface area contributed by atoms with Crippen molar-refractivity contribution in [3.63, 3.8) is 0 Å². The molecule has 1 atom stereocenters. The fraction of sp³-hybridized carbons (Fsp3) is 0.778. The van der Waals surface area contributed by atoms with Crippen molar-refractivity contribution in [2.45, 2.75) is 13.0 Å². The molecule has 15 heavy (non-hydrogen) atoms. The molecule has 1 unspecified atom stereocenters. The summed E-state index contributed by atoms with van der Waals surface area (Å²) in [6.07, 6.45) is 0. The fourth-order valence-corrected chi connectivity index (χ4v) is 0.900. The molecule has 0 fully saturated rings. The van der Waals surface area contributed by atoms with Gasteiger partial charge in [-0.05, 0) is 0 Å². The summed E-state index contributed by atoms with van der Waals surface area (Å²) in [6, 6.07) is -0.760. The van der Waals surface area contributed by atoms with Crippen LogP contribution in [0.25, 0.3) is 0 Å². The summed E-state index contributed by atoms with van der Waals surface area (Å²) < 4.78 is 14.4. The van der Waals surface area contributed by atoms with Gasteiger partial charge in [-0.2, -0.15) is 0 Å². The van der Waals surface area contributed by atoms with Crippen molar-refractivity contribution in [3.05, 3.63) is 0 Å². The predicted molar refractivity (Wildman–Crippen MR) is 52.3 cm³/mol. The molecule has 0 aliphatic rings. The minimum atomic E-state index is -0.760. The van der Waals surface area contributed by atoms with Crippen LogP contribution < -0.4 is 5.32 Å². The van der Waals surface area contributed by atoms with E-state index in [1.807, 2.05) is 0 Å². The van der Waals surface area contributed by atoms with Gasteiger partial charge in [-0.15, -0.1) is 0 Å². The number of nitrogens with one attached hydrogen (secondary N) is 1. The Hall–Kier alpha value is -1.14. The van der Waals surface area contributed by atoms with Crippen molar-refractivity contribution in [3.8, 4) is 0 Å². The summed E-state index contributed by atoms with van der Waals surface area (Å²) in [7, 11) is 2.81. The third-order valence-corrected chi connectivity index (χ3v) is 1.58. The zero-order valence-corrected chi connectivity index (χ0v) is 9.24. The van der Waals surface area contributed by atoms with E-state index in [9.17, 15) is 9.59 Å². The largest absolute Gasteiger partial charge is 0.467 e. The van der Waals surface area contributed by atoms with Crippen molar-refractivity contribution >= 4 is 11.9 Å². The molecule has 6 heteroatoms. The van der Waals surface area contributed by atoms with Crippen LogP contribution in [0.15, 0.2) is 0 Å². The van der Waals surface area contributed by atoms with E-state index in [2.05, 4.69) is 10.1 Å². The van der Waals surface area contributed by atoms with Gasteiger partial charge < -0.3 is 19.5 Å². The summed E-state index contributed by atoms with van der Waals surface area (Å²) in [5.74, 6) is -0.830. The van der Waals surface area contributed by atoms with Gasteiger partial charge in [-0.1, -0.05) is 0 Å². The highest BCUT2D eigenvalue weighted by molar-refractivity contribution is 5.83. The van der Waals surface area contributed by atoms with Crippen molar-refractivity contribution in [2.24, 2.45) is 0 Å². The van der Waals surface area contributed by atoms with Crippen molar-refractivity contribution in [2.75, 3.05) is 34.0 Å². The van der Waals surface area contributed by atoms with Crippen LogP contribution in [-0.4, -0.2) is 52.0 Å². The molecule has 1 N–H and O–H groups in total. The van der Waals surface area contributed by atoms with Crippen molar-refractivity contribution < 1.29 is 23.8 Å². The monoisotopic (exact) mass is 219 g/mol. The van der Waals surface area contributed by atoms with Crippen LogP contribution in [0.4, 0.5) is 0 Å². The Kier molecular flexibility index (Phi) is 7.57. The number of rotatable bonds is 7. The number of hydrogen-bond donors (Lipinski definition) is 1. The van der Waals surface area contributed by atoms with Crippen molar-refractivity contribution in [1.82, 2.24) is 5.32 Å². The first-order valence-corrected chi connectivity index (χ1v) is 4.53. The van der Waals surface area contributed by atoms with Gasteiger partial charge in [0.25, 0.3) is 0 Å². The van der Waals surface area contributed by atoms with Crippen LogP contribution >= 0.6 is 0 Å². The average molecular weight is 219 g/mol. The molecule has 0 bridgehead atoms. The zero-order valence-electron chi connectivity index (χ0n) is 9.24. The number of carbonyl (C=O) groups is 2. The Balaban J connectivity index is 3.90. The van der Waals surface area contributed by atoms with Gasteiger partial charge in [-0.3, -0.25) is 4.79 Å².